The van der Waals surface area contributed by atoms with Gasteiger partial charge in [0.1, 0.15) is 11.6 Å². The summed E-state index contributed by atoms with van der Waals surface area (Å²) >= 11 is 0. The number of amides is 1. The maximum absolute atomic E-state index is 12.9. The smallest absolute Gasteiger partial charge is 0.348 e. The predicted molar refractivity (Wildman–Crippen MR) is 76.9 cm³/mol. The second-order valence-corrected chi connectivity index (χ2v) is 4.98. The van der Waals surface area contributed by atoms with Gasteiger partial charge in [-0.3, -0.25) is 4.79 Å². The second-order valence-electron chi connectivity index (χ2n) is 4.98. The number of rotatable bonds is 6. The van der Waals surface area contributed by atoms with Crippen LogP contribution in [0.3, 0.4) is 0 Å². The van der Waals surface area contributed by atoms with Gasteiger partial charge in [0.15, 0.2) is 0 Å². The fraction of sp³-hybridized carbons (Fsp3) is 0.467. The summed E-state index contributed by atoms with van der Waals surface area (Å²) in [4.78, 5) is 23.7. The van der Waals surface area contributed by atoms with E-state index >= 15 is 0 Å². The molecule has 1 heterocycles. The van der Waals surface area contributed by atoms with Crippen molar-refractivity contribution in [2.75, 3.05) is 20.2 Å². The van der Waals surface area contributed by atoms with Crippen molar-refractivity contribution in [3.05, 3.63) is 30.1 Å². The van der Waals surface area contributed by atoms with Gasteiger partial charge in [-0.05, 0) is 43.7 Å². The van der Waals surface area contributed by atoms with E-state index < -0.39 is 17.9 Å². The first-order chi connectivity index (χ1) is 10.6. The van der Waals surface area contributed by atoms with E-state index in [1.807, 2.05) is 0 Å². The summed E-state index contributed by atoms with van der Waals surface area (Å²) in [5, 5.41) is 5.74. The van der Waals surface area contributed by atoms with Gasteiger partial charge in [-0.2, -0.15) is 0 Å². The maximum atomic E-state index is 12.9. The molecule has 2 N–H and O–H groups in total. The zero-order chi connectivity index (χ0) is 15.9. The van der Waals surface area contributed by atoms with Crippen LogP contribution in [0.15, 0.2) is 24.3 Å². The van der Waals surface area contributed by atoms with E-state index in [1.54, 1.807) is 0 Å². The van der Waals surface area contributed by atoms with Crippen molar-refractivity contribution in [3.8, 4) is 5.75 Å². The van der Waals surface area contributed by atoms with E-state index in [1.165, 1.54) is 31.4 Å². The largest absolute Gasteiger partial charge is 0.477 e. The van der Waals surface area contributed by atoms with Crippen LogP contribution in [0.1, 0.15) is 12.8 Å². The fourth-order valence-electron chi connectivity index (χ4n) is 2.21. The molecule has 0 saturated carbocycles. The van der Waals surface area contributed by atoms with Gasteiger partial charge >= 0.3 is 5.97 Å². The number of halogens is 1. The van der Waals surface area contributed by atoms with Gasteiger partial charge in [0, 0.05) is 0 Å². The molecule has 22 heavy (non-hydrogen) atoms. The summed E-state index contributed by atoms with van der Waals surface area (Å²) in [6.45, 7) is 0.797. The first kappa shape index (κ1) is 16.2. The number of ether oxygens (including phenoxy) is 2. The lowest BCUT2D eigenvalue weighted by Crippen LogP contribution is -2.46. The molecule has 1 aliphatic heterocycles. The highest BCUT2D eigenvalue weighted by molar-refractivity contribution is 5.83. The number of hydrogen-bond donors (Lipinski definition) is 2. The lowest BCUT2D eigenvalue weighted by molar-refractivity contribution is -0.148. The first-order valence-electron chi connectivity index (χ1n) is 7.11. The molecule has 0 aliphatic carbocycles. The molecular weight excluding hydrogens is 291 g/mol. The van der Waals surface area contributed by atoms with E-state index in [9.17, 15) is 14.0 Å². The van der Waals surface area contributed by atoms with Gasteiger partial charge in [-0.15, -0.1) is 0 Å². The Kier molecular flexibility index (Phi) is 5.71. The van der Waals surface area contributed by atoms with Crippen LogP contribution >= 0.6 is 0 Å². The molecule has 2 atom stereocenters. The second kappa shape index (κ2) is 7.74. The number of carbonyl (C=O) groups excluding carboxylic acids is 2. The molecule has 1 aliphatic rings. The summed E-state index contributed by atoms with van der Waals surface area (Å²) in [5.74, 6) is -0.856. The number of benzene rings is 1. The third-order valence-electron chi connectivity index (χ3n) is 3.39. The van der Waals surface area contributed by atoms with Gasteiger partial charge in [-0.25, -0.2) is 9.18 Å². The lowest BCUT2D eigenvalue weighted by atomic mass is 10.2. The van der Waals surface area contributed by atoms with Crippen molar-refractivity contribution >= 4 is 11.9 Å². The standard InChI is InChI=1S/C15H19FN2O4/c1-21-15(20)13(22-11-6-4-10(16)5-7-11)9-18-14(19)12-3-2-8-17-12/h4-7,12-13,17H,2-3,8-9H2,1H3,(H,18,19). The minimum absolute atomic E-state index is 0.0128. The number of esters is 1. The van der Waals surface area contributed by atoms with Crippen molar-refractivity contribution in [1.29, 1.82) is 0 Å². The first-order valence-corrected chi connectivity index (χ1v) is 7.11. The quantitative estimate of drug-likeness (QED) is 0.753. The normalized spacial score (nSPS) is 18.5. The van der Waals surface area contributed by atoms with Gasteiger partial charge in [-0.1, -0.05) is 0 Å². The van der Waals surface area contributed by atoms with Crippen LogP contribution in [0, 0.1) is 5.82 Å². The van der Waals surface area contributed by atoms with Crippen molar-refractivity contribution in [2.24, 2.45) is 0 Å². The summed E-state index contributed by atoms with van der Waals surface area (Å²) in [6.07, 6.45) is 0.735. The Morgan fingerprint density at radius 1 is 1.41 bits per heavy atom. The van der Waals surface area contributed by atoms with Crippen molar-refractivity contribution < 1.29 is 23.5 Å². The Balaban J connectivity index is 1.92. The average Bonchev–Trinajstić information content (AvgIpc) is 3.06. The van der Waals surface area contributed by atoms with Crippen LogP contribution in [0.5, 0.6) is 5.75 Å². The summed E-state index contributed by atoms with van der Waals surface area (Å²) in [7, 11) is 1.24. The molecule has 1 aromatic rings. The topological polar surface area (TPSA) is 76.7 Å². The number of carbonyl (C=O) groups is 2. The van der Waals surface area contributed by atoms with E-state index in [0.717, 1.165) is 19.4 Å². The molecule has 7 heteroatoms. The van der Waals surface area contributed by atoms with Crippen LogP contribution in [0.4, 0.5) is 4.39 Å². The van der Waals surface area contributed by atoms with Crippen molar-refractivity contribution in [1.82, 2.24) is 10.6 Å². The van der Waals surface area contributed by atoms with E-state index in [0.29, 0.717) is 5.75 Å². The number of hydrogen-bond acceptors (Lipinski definition) is 5. The van der Waals surface area contributed by atoms with Gasteiger partial charge in [0.05, 0.1) is 19.7 Å². The Labute approximate surface area is 128 Å². The lowest BCUT2D eigenvalue weighted by Gasteiger charge is -2.19. The molecule has 1 amide bonds. The van der Waals surface area contributed by atoms with Crippen LogP contribution in [-0.4, -0.2) is 44.2 Å². The summed E-state index contributed by atoms with van der Waals surface area (Å²) in [6, 6.07) is 5.04. The predicted octanol–water partition coefficient (Wildman–Crippen LogP) is 0.614. The van der Waals surface area contributed by atoms with Crippen LogP contribution in [0.25, 0.3) is 0 Å². The Hall–Kier alpha value is -2.15. The van der Waals surface area contributed by atoms with Gasteiger partial charge in [0.25, 0.3) is 0 Å². The van der Waals surface area contributed by atoms with Crippen LogP contribution < -0.4 is 15.4 Å². The third-order valence-corrected chi connectivity index (χ3v) is 3.39. The zero-order valence-corrected chi connectivity index (χ0v) is 12.3. The Bertz CT molecular complexity index is 515. The average molecular weight is 310 g/mol. The van der Waals surface area contributed by atoms with Gasteiger partial charge in [0.2, 0.25) is 12.0 Å². The monoisotopic (exact) mass is 310 g/mol. The molecule has 2 rings (SSSR count). The van der Waals surface area contributed by atoms with Crippen molar-refractivity contribution in [2.45, 2.75) is 25.0 Å². The molecule has 1 aromatic carbocycles. The Morgan fingerprint density at radius 2 is 2.14 bits per heavy atom. The fourth-order valence-corrected chi connectivity index (χ4v) is 2.21. The van der Waals surface area contributed by atoms with Crippen molar-refractivity contribution in [3.63, 3.8) is 0 Å². The highest BCUT2D eigenvalue weighted by Crippen LogP contribution is 2.13. The molecule has 2 unspecified atom stereocenters. The number of nitrogens with one attached hydrogen (secondary N) is 2. The van der Waals surface area contributed by atoms with E-state index in [-0.39, 0.29) is 18.5 Å². The number of methoxy groups -OCH3 is 1. The molecule has 1 saturated heterocycles. The van der Waals surface area contributed by atoms with Crippen LogP contribution in [0.2, 0.25) is 0 Å². The summed E-state index contributed by atoms with van der Waals surface area (Å²) < 4.78 is 23.0. The molecule has 1 fully saturated rings. The maximum Gasteiger partial charge on any atom is 0.348 e. The van der Waals surface area contributed by atoms with Gasteiger partial charge < -0.3 is 20.1 Å². The molecule has 0 aromatic heterocycles. The van der Waals surface area contributed by atoms with E-state index in [4.69, 9.17) is 4.74 Å². The van der Waals surface area contributed by atoms with Crippen LogP contribution in [-0.2, 0) is 14.3 Å². The highest BCUT2D eigenvalue weighted by atomic mass is 19.1. The highest BCUT2D eigenvalue weighted by Gasteiger charge is 2.26. The summed E-state index contributed by atoms with van der Waals surface area (Å²) in [5.41, 5.74) is 0. The molecule has 6 nitrogen and oxygen atoms in total. The Morgan fingerprint density at radius 3 is 2.73 bits per heavy atom. The van der Waals surface area contributed by atoms with E-state index in [2.05, 4.69) is 15.4 Å². The third kappa shape index (κ3) is 4.42. The molecule has 0 spiro atoms. The SMILES string of the molecule is COC(=O)C(CNC(=O)C1CCCN1)Oc1ccc(F)cc1. The molecule has 0 radical (unpaired) electrons. The minimum atomic E-state index is -0.985. The molecule has 0 bridgehead atoms. The molecular formula is C15H19FN2O4. The zero-order valence-electron chi connectivity index (χ0n) is 12.3. The molecule has 120 valence electrons. The minimum Gasteiger partial charge on any atom is -0.477 e.